The molecule has 0 bridgehead atoms. The van der Waals surface area contributed by atoms with Crippen LogP contribution in [0.2, 0.25) is 0 Å². The average molecular weight is 259 g/mol. The molecule has 0 aliphatic heterocycles. The molecule has 0 radical (unpaired) electrons. The Bertz CT molecular complexity index is 488. The van der Waals surface area contributed by atoms with Crippen LogP contribution in [0.3, 0.4) is 0 Å². The molecule has 0 aliphatic carbocycles. The molecule has 18 heavy (non-hydrogen) atoms. The standard InChI is InChI=1S/C15H17NOS/c1-2-3-4-12-5-7-14(8-6-12)16-15(17)13-9-10-18-11-13/h5-11H,2-4H2,1H3,(H,16,17). The molecule has 0 unspecified atom stereocenters. The highest BCUT2D eigenvalue weighted by Gasteiger charge is 2.05. The van der Waals surface area contributed by atoms with Crippen LogP contribution in [0.25, 0.3) is 0 Å². The number of anilines is 1. The monoisotopic (exact) mass is 259 g/mol. The lowest BCUT2D eigenvalue weighted by atomic mass is 10.1. The van der Waals surface area contributed by atoms with Crippen LogP contribution in [-0.2, 0) is 6.42 Å². The van der Waals surface area contributed by atoms with Crippen molar-refractivity contribution in [1.82, 2.24) is 0 Å². The Labute approximate surface area is 112 Å². The third kappa shape index (κ3) is 3.44. The van der Waals surface area contributed by atoms with Gasteiger partial charge in [0.1, 0.15) is 0 Å². The zero-order chi connectivity index (χ0) is 12.8. The summed E-state index contributed by atoms with van der Waals surface area (Å²) in [4.78, 5) is 11.8. The quantitative estimate of drug-likeness (QED) is 0.850. The summed E-state index contributed by atoms with van der Waals surface area (Å²) in [5, 5.41) is 6.65. The lowest BCUT2D eigenvalue weighted by Crippen LogP contribution is -2.10. The van der Waals surface area contributed by atoms with Crippen LogP contribution in [-0.4, -0.2) is 5.91 Å². The highest BCUT2D eigenvalue weighted by Crippen LogP contribution is 2.14. The summed E-state index contributed by atoms with van der Waals surface area (Å²) in [6, 6.07) is 9.93. The summed E-state index contributed by atoms with van der Waals surface area (Å²) in [5.41, 5.74) is 2.90. The number of rotatable bonds is 5. The molecule has 94 valence electrons. The topological polar surface area (TPSA) is 29.1 Å². The van der Waals surface area contributed by atoms with Gasteiger partial charge in [-0.2, -0.15) is 11.3 Å². The van der Waals surface area contributed by atoms with Gasteiger partial charge in [0.15, 0.2) is 0 Å². The van der Waals surface area contributed by atoms with E-state index in [1.165, 1.54) is 29.7 Å². The highest BCUT2D eigenvalue weighted by molar-refractivity contribution is 7.08. The van der Waals surface area contributed by atoms with E-state index < -0.39 is 0 Å². The summed E-state index contributed by atoms with van der Waals surface area (Å²) in [7, 11) is 0. The number of hydrogen-bond acceptors (Lipinski definition) is 2. The van der Waals surface area contributed by atoms with Crippen molar-refractivity contribution in [3.63, 3.8) is 0 Å². The van der Waals surface area contributed by atoms with Crippen molar-refractivity contribution in [2.24, 2.45) is 0 Å². The first-order chi connectivity index (χ1) is 8.79. The number of thiophene rings is 1. The molecule has 1 aromatic heterocycles. The first kappa shape index (κ1) is 12.8. The van der Waals surface area contributed by atoms with E-state index in [0.29, 0.717) is 0 Å². The number of aryl methyl sites for hydroxylation is 1. The number of benzene rings is 1. The molecule has 0 fully saturated rings. The Morgan fingerprint density at radius 3 is 2.61 bits per heavy atom. The van der Waals surface area contributed by atoms with Gasteiger partial charge in [-0.1, -0.05) is 25.5 Å². The van der Waals surface area contributed by atoms with Gasteiger partial charge in [0.25, 0.3) is 5.91 Å². The van der Waals surface area contributed by atoms with Gasteiger partial charge in [-0.25, -0.2) is 0 Å². The fourth-order valence-electron chi connectivity index (χ4n) is 1.73. The van der Waals surface area contributed by atoms with Crippen molar-refractivity contribution in [3.8, 4) is 0 Å². The van der Waals surface area contributed by atoms with E-state index in [9.17, 15) is 4.79 Å². The fourth-order valence-corrected chi connectivity index (χ4v) is 2.37. The van der Waals surface area contributed by atoms with E-state index in [0.717, 1.165) is 17.7 Å². The molecule has 2 rings (SSSR count). The fraction of sp³-hybridized carbons (Fsp3) is 0.267. The second-order valence-corrected chi connectivity index (χ2v) is 5.05. The summed E-state index contributed by atoms with van der Waals surface area (Å²) in [5.74, 6) is -0.0439. The molecule has 0 saturated carbocycles. The number of hydrogen-bond donors (Lipinski definition) is 1. The Balaban J connectivity index is 1.96. The van der Waals surface area contributed by atoms with E-state index in [1.807, 2.05) is 29.0 Å². The maximum atomic E-state index is 11.8. The van der Waals surface area contributed by atoms with Crippen molar-refractivity contribution < 1.29 is 4.79 Å². The van der Waals surface area contributed by atoms with Gasteiger partial charge < -0.3 is 5.32 Å². The Kier molecular flexibility index (Phi) is 4.53. The molecular formula is C15H17NOS. The van der Waals surface area contributed by atoms with Gasteiger partial charge in [0, 0.05) is 11.1 Å². The van der Waals surface area contributed by atoms with Gasteiger partial charge in [0.2, 0.25) is 0 Å². The average Bonchev–Trinajstić information content (AvgIpc) is 2.92. The molecule has 2 aromatic rings. The maximum Gasteiger partial charge on any atom is 0.256 e. The number of carbonyl (C=O) groups excluding carboxylic acids is 1. The minimum Gasteiger partial charge on any atom is -0.322 e. The number of nitrogens with one attached hydrogen (secondary N) is 1. The van der Waals surface area contributed by atoms with Crippen molar-refractivity contribution >= 4 is 22.9 Å². The molecule has 2 nitrogen and oxygen atoms in total. The predicted octanol–water partition coefficient (Wildman–Crippen LogP) is 4.34. The van der Waals surface area contributed by atoms with Crippen LogP contribution in [0.15, 0.2) is 41.1 Å². The van der Waals surface area contributed by atoms with Crippen LogP contribution in [0.4, 0.5) is 5.69 Å². The Morgan fingerprint density at radius 1 is 1.22 bits per heavy atom. The summed E-state index contributed by atoms with van der Waals surface area (Å²) >= 11 is 1.53. The largest absolute Gasteiger partial charge is 0.322 e. The number of unbranched alkanes of at least 4 members (excludes halogenated alkanes) is 1. The van der Waals surface area contributed by atoms with Crippen molar-refractivity contribution in [2.75, 3.05) is 5.32 Å². The number of amides is 1. The minimum atomic E-state index is -0.0439. The van der Waals surface area contributed by atoms with Gasteiger partial charge in [-0.3, -0.25) is 4.79 Å². The maximum absolute atomic E-state index is 11.8. The highest BCUT2D eigenvalue weighted by atomic mass is 32.1. The number of carbonyl (C=O) groups is 1. The normalized spacial score (nSPS) is 10.3. The van der Waals surface area contributed by atoms with Crippen LogP contribution >= 0.6 is 11.3 Å². The molecule has 1 heterocycles. The molecule has 0 aliphatic rings. The lowest BCUT2D eigenvalue weighted by Gasteiger charge is -2.05. The molecule has 1 aromatic carbocycles. The minimum absolute atomic E-state index is 0.0439. The molecule has 1 N–H and O–H groups in total. The zero-order valence-corrected chi connectivity index (χ0v) is 11.3. The Morgan fingerprint density at radius 2 is 2.00 bits per heavy atom. The smallest absolute Gasteiger partial charge is 0.256 e. The van der Waals surface area contributed by atoms with E-state index in [-0.39, 0.29) is 5.91 Å². The van der Waals surface area contributed by atoms with Crippen LogP contribution in [0.1, 0.15) is 35.7 Å². The van der Waals surface area contributed by atoms with Crippen LogP contribution < -0.4 is 5.32 Å². The second kappa shape index (κ2) is 6.36. The molecule has 0 spiro atoms. The summed E-state index contributed by atoms with van der Waals surface area (Å²) in [6.45, 7) is 2.19. The first-order valence-corrected chi connectivity index (χ1v) is 7.16. The van der Waals surface area contributed by atoms with E-state index in [1.54, 1.807) is 0 Å². The summed E-state index contributed by atoms with van der Waals surface area (Å²) < 4.78 is 0. The van der Waals surface area contributed by atoms with Gasteiger partial charge in [0.05, 0.1) is 5.56 Å². The van der Waals surface area contributed by atoms with E-state index >= 15 is 0 Å². The molecule has 3 heteroatoms. The van der Waals surface area contributed by atoms with Gasteiger partial charge in [-0.05, 0) is 42.0 Å². The van der Waals surface area contributed by atoms with Crippen molar-refractivity contribution in [2.45, 2.75) is 26.2 Å². The third-order valence-corrected chi connectivity index (χ3v) is 3.50. The molecule has 0 atom stereocenters. The van der Waals surface area contributed by atoms with Gasteiger partial charge >= 0.3 is 0 Å². The lowest BCUT2D eigenvalue weighted by molar-refractivity contribution is 0.102. The molecule has 1 amide bonds. The summed E-state index contributed by atoms with van der Waals surface area (Å²) in [6.07, 6.45) is 3.52. The van der Waals surface area contributed by atoms with Crippen LogP contribution in [0, 0.1) is 0 Å². The molecular weight excluding hydrogens is 242 g/mol. The Hall–Kier alpha value is -1.61. The van der Waals surface area contributed by atoms with Crippen molar-refractivity contribution in [3.05, 3.63) is 52.2 Å². The van der Waals surface area contributed by atoms with E-state index in [2.05, 4.69) is 24.4 Å². The second-order valence-electron chi connectivity index (χ2n) is 4.27. The van der Waals surface area contributed by atoms with E-state index in [4.69, 9.17) is 0 Å². The van der Waals surface area contributed by atoms with Crippen LogP contribution in [0.5, 0.6) is 0 Å². The predicted molar refractivity (Wildman–Crippen MR) is 77.3 cm³/mol. The molecule has 0 saturated heterocycles. The zero-order valence-electron chi connectivity index (χ0n) is 10.5. The first-order valence-electron chi connectivity index (χ1n) is 6.22. The SMILES string of the molecule is CCCCc1ccc(NC(=O)c2ccsc2)cc1. The van der Waals surface area contributed by atoms with Crippen molar-refractivity contribution in [1.29, 1.82) is 0 Å². The third-order valence-electron chi connectivity index (χ3n) is 2.81. The van der Waals surface area contributed by atoms with Gasteiger partial charge in [-0.15, -0.1) is 0 Å².